The average molecular weight is 330 g/mol. The van der Waals surface area contributed by atoms with E-state index in [1.54, 1.807) is 24.4 Å². The fraction of sp³-hybridized carbons (Fsp3) is 0.0909. The Labute approximate surface area is 117 Å². The van der Waals surface area contributed by atoms with E-state index in [9.17, 15) is 4.79 Å². The second-order valence-corrected chi connectivity index (χ2v) is 4.93. The van der Waals surface area contributed by atoms with Crippen LogP contribution in [0.15, 0.2) is 35.1 Å². The van der Waals surface area contributed by atoms with Gasteiger partial charge in [0.05, 0.1) is 17.6 Å². The van der Waals surface area contributed by atoms with Crippen molar-refractivity contribution in [2.45, 2.75) is 6.54 Å². The van der Waals surface area contributed by atoms with Crippen LogP contribution >= 0.6 is 27.5 Å². The number of rotatable bonds is 3. The van der Waals surface area contributed by atoms with Crippen molar-refractivity contribution in [3.8, 4) is 0 Å². The SMILES string of the molecule is Nc1cnn(CC(=O)Nc2cc(Cl)ccc2Br)c1. The molecule has 2 aromatic rings. The topological polar surface area (TPSA) is 72.9 Å². The smallest absolute Gasteiger partial charge is 0.246 e. The molecule has 0 aliphatic carbocycles. The standard InChI is InChI=1S/C11H10BrClN4O/c12-9-2-1-7(13)3-10(9)16-11(18)6-17-5-8(14)4-15-17/h1-5H,6,14H2,(H,16,18). The summed E-state index contributed by atoms with van der Waals surface area (Å²) in [6.07, 6.45) is 3.08. The van der Waals surface area contributed by atoms with Crippen LogP contribution in [0.2, 0.25) is 5.02 Å². The quantitative estimate of drug-likeness (QED) is 0.909. The van der Waals surface area contributed by atoms with E-state index >= 15 is 0 Å². The van der Waals surface area contributed by atoms with Crippen molar-refractivity contribution in [1.82, 2.24) is 9.78 Å². The third-order valence-corrected chi connectivity index (χ3v) is 3.09. The Morgan fingerprint density at radius 3 is 3.00 bits per heavy atom. The van der Waals surface area contributed by atoms with Crippen molar-refractivity contribution in [2.24, 2.45) is 0 Å². The lowest BCUT2D eigenvalue weighted by atomic mass is 10.3. The second-order valence-electron chi connectivity index (χ2n) is 3.64. The van der Waals surface area contributed by atoms with E-state index in [4.69, 9.17) is 17.3 Å². The number of nitrogens with zero attached hydrogens (tertiary/aromatic N) is 2. The monoisotopic (exact) mass is 328 g/mol. The van der Waals surface area contributed by atoms with Crippen molar-refractivity contribution in [3.63, 3.8) is 0 Å². The number of anilines is 2. The van der Waals surface area contributed by atoms with Gasteiger partial charge in [-0.2, -0.15) is 5.10 Å². The van der Waals surface area contributed by atoms with Crippen molar-refractivity contribution < 1.29 is 4.79 Å². The second kappa shape index (κ2) is 5.41. The highest BCUT2D eigenvalue weighted by atomic mass is 79.9. The first-order chi connectivity index (χ1) is 8.54. The molecule has 0 saturated carbocycles. The molecule has 0 unspecified atom stereocenters. The Morgan fingerprint density at radius 1 is 1.56 bits per heavy atom. The number of hydrogen-bond acceptors (Lipinski definition) is 3. The maximum Gasteiger partial charge on any atom is 0.246 e. The summed E-state index contributed by atoms with van der Waals surface area (Å²) in [6, 6.07) is 5.17. The molecule has 0 atom stereocenters. The Morgan fingerprint density at radius 2 is 2.33 bits per heavy atom. The molecule has 1 heterocycles. The zero-order valence-electron chi connectivity index (χ0n) is 9.23. The van der Waals surface area contributed by atoms with Crippen LogP contribution < -0.4 is 11.1 Å². The third kappa shape index (κ3) is 3.24. The van der Waals surface area contributed by atoms with Gasteiger partial charge >= 0.3 is 0 Å². The van der Waals surface area contributed by atoms with Gasteiger partial charge in [0.2, 0.25) is 5.91 Å². The van der Waals surface area contributed by atoms with E-state index in [2.05, 4.69) is 26.3 Å². The molecule has 1 aromatic carbocycles. The summed E-state index contributed by atoms with van der Waals surface area (Å²) in [7, 11) is 0. The van der Waals surface area contributed by atoms with Gasteiger partial charge in [0.1, 0.15) is 6.54 Å². The summed E-state index contributed by atoms with van der Waals surface area (Å²) in [5.41, 5.74) is 6.65. The van der Waals surface area contributed by atoms with Crippen molar-refractivity contribution >= 4 is 44.8 Å². The molecule has 7 heteroatoms. The maximum absolute atomic E-state index is 11.8. The summed E-state index contributed by atoms with van der Waals surface area (Å²) >= 11 is 9.19. The number of aromatic nitrogens is 2. The molecular weight excluding hydrogens is 320 g/mol. The zero-order chi connectivity index (χ0) is 13.1. The van der Waals surface area contributed by atoms with E-state index < -0.39 is 0 Å². The minimum absolute atomic E-state index is 0.0934. The van der Waals surface area contributed by atoms with Crippen LogP contribution in [0.1, 0.15) is 0 Å². The molecule has 0 saturated heterocycles. The normalized spacial score (nSPS) is 10.3. The Kier molecular flexibility index (Phi) is 3.88. The zero-order valence-corrected chi connectivity index (χ0v) is 11.6. The number of amides is 1. The number of nitrogens with one attached hydrogen (secondary N) is 1. The minimum atomic E-state index is -0.207. The number of benzene rings is 1. The van der Waals surface area contributed by atoms with Crippen LogP contribution in [-0.2, 0) is 11.3 Å². The van der Waals surface area contributed by atoms with Gasteiger partial charge in [0.15, 0.2) is 0 Å². The van der Waals surface area contributed by atoms with Crippen molar-refractivity contribution in [3.05, 3.63) is 40.1 Å². The molecule has 0 aliphatic rings. The van der Waals surface area contributed by atoms with E-state index in [1.807, 2.05) is 0 Å². The highest BCUT2D eigenvalue weighted by Gasteiger charge is 2.07. The highest BCUT2D eigenvalue weighted by molar-refractivity contribution is 9.10. The molecule has 0 radical (unpaired) electrons. The summed E-state index contributed by atoms with van der Waals surface area (Å²) in [5.74, 6) is -0.207. The molecule has 0 fully saturated rings. The van der Waals surface area contributed by atoms with Crippen LogP contribution in [0.5, 0.6) is 0 Å². The van der Waals surface area contributed by atoms with Gasteiger partial charge in [0.25, 0.3) is 0 Å². The molecule has 1 amide bonds. The minimum Gasteiger partial charge on any atom is -0.396 e. The first-order valence-corrected chi connectivity index (χ1v) is 6.24. The fourth-order valence-corrected chi connectivity index (χ4v) is 1.91. The molecule has 1 aromatic heterocycles. The number of nitrogen functional groups attached to an aromatic ring is 1. The first-order valence-electron chi connectivity index (χ1n) is 5.07. The van der Waals surface area contributed by atoms with Crippen LogP contribution in [0, 0.1) is 0 Å². The Hall–Kier alpha value is -1.53. The molecule has 0 spiro atoms. The molecule has 18 heavy (non-hydrogen) atoms. The lowest BCUT2D eigenvalue weighted by Crippen LogP contribution is -2.19. The van der Waals surface area contributed by atoms with Crippen LogP contribution in [0.4, 0.5) is 11.4 Å². The van der Waals surface area contributed by atoms with Gasteiger partial charge in [-0.15, -0.1) is 0 Å². The van der Waals surface area contributed by atoms with Crippen molar-refractivity contribution in [1.29, 1.82) is 0 Å². The molecule has 94 valence electrons. The van der Waals surface area contributed by atoms with E-state index in [0.717, 1.165) is 4.47 Å². The van der Waals surface area contributed by atoms with Gasteiger partial charge in [0, 0.05) is 15.7 Å². The van der Waals surface area contributed by atoms with Crippen LogP contribution in [-0.4, -0.2) is 15.7 Å². The first kappa shape index (κ1) is 12.9. The summed E-state index contributed by atoms with van der Waals surface area (Å²) < 4.78 is 2.23. The van der Waals surface area contributed by atoms with E-state index in [1.165, 1.54) is 10.9 Å². The molecule has 0 aliphatic heterocycles. The van der Waals surface area contributed by atoms with Gasteiger partial charge in [-0.1, -0.05) is 11.6 Å². The third-order valence-electron chi connectivity index (χ3n) is 2.16. The number of nitrogens with two attached hydrogens (primary N) is 1. The van der Waals surface area contributed by atoms with Gasteiger partial charge in [-0.3, -0.25) is 9.48 Å². The van der Waals surface area contributed by atoms with E-state index in [-0.39, 0.29) is 12.5 Å². The van der Waals surface area contributed by atoms with Gasteiger partial charge in [-0.05, 0) is 34.1 Å². The molecule has 2 rings (SSSR count). The maximum atomic E-state index is 11.8. The largest absolute Gasteiger partial charge is 0.396 e. The molecule has 0 bridgehead atoms. The lowest BCUT2D eigenvalue weighted by Gasteiger charge is -2.07. The van der Waals surface area contributed by atoms with Crippen LogP contribution in [0.3, 0.4) is 0 Å². The van der Waals surface area contributed by atoms with Crippen molar-refractivity contribution in [2.75, 3.05) is 11.1 Å². The number of hydrogen-bond donors (Lipinski definition) is 2. The summed E-state index contributed by atoms with van der Waals surface area (Å²) in [4.78, 5) is 11.8. The Balaban J connectivity index is 2.05. The average Bonchev–Trinajstić information content (AvgIpc) is 2.69. The van der Waals surface area contributed by atoms with Crippen LogP contribution in [0.25, 0.3) is 0 Å². The lowest BCUT2D eigenvalue weighted by molar-refractivity contribution is -0.116. The van der Waals surface area contributed by atoms with Gasteiger partial charge < -0.3 is 11.1 Å². The number of halogens is 2. The predicted molar refractivity (Wildman–Crippen MR) is 74.4 cm³/mol. The molecular formula is C11H10BrClN4O. The number of carbonyl (C=O) groups excluding carboxylic acids is 1. The van der Waals surface area contributed by atoms with Gasteiger partial charge in [-0.25, -0.2) is 0 Å². The fourth-order valence-electron chi connectivity index (χ4n) is 1.40. The molecule has 3 N–H and O–H groups in total. The number of carbonyl (C=O) groups is 1. The molecule has 5 nitrogen and oxygen atoms in total. The van der Waals surface area contributed by atoms with E-state index in [0.29, 0.717) is 16.4 Å². The summed E-state index contributed by atoms with van der Waals surface area (Å²) in [5, 5.41) is 7.22. The Bertz CT molecular complexity index is 584. The highest BCUT2D eigenvalue weighted by Crippen LogP contribution is 2.25. The summed E-state index contributed by atoms with van der Waals surface area (Å²) in [6.45, 7) is 0.0934. The predicted octanol–water partition coefficient (Wildman–Crippen LogP) is 2.52.